The van der Waals surface area contributed by atoms with E-state index in [0.29, 0.717) is 30.4 Å². The van der Waals surface area contributed by atoms with Crippen molar-refractivity contribution in [3.63, 3.8) is 0 Å². The lowest BCUT2D eigenvalue weighted by molar-refractivity contribution is -0.116. The second-order valence-corrected chi connectivity index (χ2v) is 5.58. The van der Waals surface area contributed by atoms with Crippen molar-refractivity contribution in [2.24, 2.45) is 5.92 Å². The summed E-state index contributed by atoms with van der Waals surface area (Å²) in [4.78, 5) is 12.1. The zero-order chi connectivity index (χ0) is 15.8. The van der Waals surface area contributed by atoms with Gasteiger partial charge in [-0.25, -0.2) is 0 Å². The van der Waals surface area contributed by atoms with Gasteiger partial charge in [0, 0.05) is 18.2 Å². The maximum atomic E-state index is 12.1. The summed E-state index contributed by atoms with van der Waals surface area (Å²) in [7, 11) is 1.61. The van der Waals surface area contributed by atoms with E-state index in [1.807, 2.05) is 25.1 Å². The Kier molecular flexibility index (Phi) is 8.81. The Balaban J connectivity index is 0.00000264. The molecule has 23 heavy (non-hydrogen) atoms. The molecule has 1 aliphatic rings. The van der Waals surface area contributed by atoms with Crippen LogP contribution in [0.5, 0.6) is 11.5 Å². The van der Waals surface area contributed by atoms with Crippen LogP contribution in [-0.2, 0) is 4.79 Å². The highest BCUT2D eigenvalue weighted by molar-refractivity contribution is 5.91. The van der Waals surface area contributed by atoms with Crippen LogP contribution < -0.4 is 20.1 Å². The Hall–Kier alpha value is -1.46. The second-order valence-electron chi connectivity index (χ2n) is 5.58. The summed E-state index contributed by atoms with van der Waals surface area (Å²) in [6.45, 7) is 4.62. The molecule has 0 unspecified atom stereocenters. The topological polar surface area (TPSA) is 59.6 Å². The number of hydrogen-bond donors (Lipinski definition) is 2. The van der Waals surface area contributed by atoms with Gasteiger partial charge in [-0.1, -0.05) is 0 Å². The summed E-state index contributed by atoms with van der Waals surface area (Å²) in [6, 6.07) is 5.46. The molecule has 1 aromatic carbocycles. The van der Waals surface area contributed by atoms with Gasteiger partial charge >= 0.3 is 0 Å². The number of carbonyl (C=O) groups excluding carboxylic acids is 1. The molecule has 0 bridgehead atoms. The van der Waals surface area contributed by atoms with Crippen LogP contribution in [0.25, 0.3) is 0 Å². The molecular formula is C17H27ClN2O3. The van der Waals surface area contributed by atoms with Crippen molar-refractivity contribution < 1.29 is 14.3 Å². The Labute approximate surface area is 144 Å². The molecule has 6 heteroatoms. The van der Waals surface area contributed by atoms with Gasteiger partial charge in [0.05, 0.1) is 13.7 Å². The largest absolute Gasteiger partial charge is 0.493 e. The second kappa shape index (κ2) is 10.3. The van der Waals surface area contributed by atoms with E-state index in [2.05, 4.69) is 10.6 Å². The van der Waals surface area contributed by atoms with E-state index in [4.69, 9.17) is 9.47 Å². The predicted molar refractivity (Wildman–Crippen MR) is 94.9 cm³/mol. The summed E-state index contributed by atoms with van der Waals surface area (Å²) in [5, 5.41) is 6.29. The number of hydrogen-bond acceptors (Lipinski definition) is 4. The third kappa shape index (κ3) is 6.28. The van der Waals surface area contributed by atoms with Crippen molar-refractivity contribution >= 4 is 24.0 Å². The number of benzene rings is 1. The SMILES string of the molecule is CCOc1cc(NC(=O)CCC2CCNCC2)ccc1OC.Cl. The molecule has 130 valence electrons. The fourth-order valence-electron chi connectivity index (χ4n) is 2.75. The molecule has 1 amide bonds. The van der Waals surface area contributed by atoms with E-state index in [0.717, 1.165) is 25.2 Å². The number of carbonyl (C=O) groups is 1. The average molecular weight is 343 g/mol. The highest BCUT2D eigenvalue weighted by Gasteiger charge is 2.15. The summed E-state index contributed by atoms with van der Waals surface area (Å²) < 4.78 is 10.8. The van der Waals surface area contributed by atoms with Crippen LogP contribution in [0.4, 0.5) is 5.69 Å². The molecule has 1 heterocycles. The standard InChI is InChI=1S/C17H26N2O3.ClH/c1-3-22-16-12-14(5-6-15(16)21-2)19-17(20)7-4-13-8-10-18-11-9-13;/h5-6,12-13,18H,3-4,7-11H2,1-2H3,(H,19,20);1H. The van der Waals surface area contributed by atoms with Crippen LogP contribution in [0, 0.1) is 5.92 Å². The first-order chi connectivity index (χ1) is 10.7. The van der Waals surface area contributed by atoms with Crippen LogP contribution >= 0.6 is 12.4 Å². The van der Waals surface area contributed by atoms with Crippen molar-refractivity contribution in [1.82, 2.24) is 5.32 Å². The molecule has 5 nitrogen and oxygen atoms in total. The minimum atomic E-state index is 0. The third-order valence-corrected chi connectivity index (χ3v) is 3.99. The summed E-state index contributed by atoms with van der Waals surface area (Å²) >= 11 is 0. The monoisotopic (exact) mass is 342 g/mol. The smallest absolute Gasteiger partial charge is 0.224 e. The van der Waals surface area contributed by atoms with Gasteiger partial charge in [0.1, 0.15) is 0 Å². The highest BCUT2D eigenvalue weighted by Crippen LogP contribution is 2.30. The lowest BCUT2D eigenvalue weighted by atomic mass is 9.93. The molecule has 0 radical (unpaired) electrons. The van der Waals surface area contributed by atoms with Crippen LogP contribution in [-0.4, -0.2) is 32.7 Å². The molecule has 2 rings (SSSR count). The first kappa shape index (κ1) is 19.6. The fourth-order valence-corrected chi connectivity index (χ4v) is 2.75. The van der Waals surface area contributed by atoms with Gasteiger partial charge in [0.25, 0.3) is 0 Å². The minimum Gasteiger partial charge on any atom is -0.493 e. The zero-order valence-electron chi connectivity index (χ0n) is 13.9. The highest BCUT2D eigenvalue weighted by atomic mass is 35.5. The molecule has 2 N–H and O–H groups in total. The van der Waals surface area contributed by atoms with Gasteiger partial charge in [-0.3, -0.25) is 4.79 Å². The van der Waals surface area contributed by atoms with Crippen LogP contribution in [0.15, 0.2) is 18.2 Å². The fraction of sp³-hybridized carbons (Fsp3) is 0.588. The van der Waals surface area contributed by atoms with Crippen molar-refractivity contribution in [3.05, 3.63) is 18.2 Å². The van der Waals surface area contributed by atoms with E-state index < -0.39 is 0 Å². The summed E-state index contributed by atoms with van der Waals surface area (Å²) in [5.41, 5.74) is 0.750. The number of rotatable bonds is 7. The first-order valence-electron chi connectivity index (χ1n) is 8.04. The van der Waals surface area contributed by atoms with Gasteiger partial charge < -0.3 is 20.1 Å². The van der Waals surface area contributed by atoms with Gasteiger partial charge in [-0.15, -0.1) is 12.4 Å². The average Bonchev–Trinajstić information content (AvgIpc) is 2.55. The Bertz CT molecular complexity index is 491. The molecule has 1 aromatic rings. The lowest BCUT2D eigenvalue weighted by Crippen LogP contribution is -2.28. The van der Waals surface area contributed by atoms with Crippen molar-refractivity contribution in [2.75, 3.05) is 32.1 Å². The molecule has 0 spiro atoms. The van der Waals surface area contributed by atoms with Gasteiger partial charge in [0.2, 0.25) is 5.91 Å². The maximum Gasteiger partial charge on any atom is 0.224 e. The van der Waals surface area contributed by atoms with Crippen LogP contribution in [0.2, 0.25) is 0 Å². The van der Waals surface area contributed by atoms with Crippen molar-refractivity contribution in [1.29, 1.82) is 0 Å². The Morgan fingerprint density at radius 3 is 2.70 bits per heavy atom. The number of anilines is 1. The van der Waals surface area contributed by atoms with E-state index >= 15 is 0 Å². The van der Waals surface area contributed by atoms with E-state index in [-0.39, 0.29) is 18.3 Å². The maximum absolute atomic E-state index is 12.1. The number of halogens is 1. The molecule has 0 aliphatic carbocycles. The number of ether oxygens (including phenoxy) is 2. The number of nitrogens with one attached hydrogen (secondary N) is 2. The Morgan fingerprint density at radius 2 is 2.04 bits per heavy atom. The Morgan fingerprint density at radius 1 is 1.30 bits per heavy atom. The minimum absolute atomic E-state index is 0. The molecule has 0 aromatic heterocycles. The van der Waals surface area contributed by atoms with Gasteiger partial charge in [-0.05, 0) is 57.3 Å². The van der Waals surface area contributed by atoms with E-state index in [1.165, 1.54) is 12.8 Å². The molecule has 0 saturated carbocycles. The van der Waals surface area contributed by atoms with Crippen LogP contribution in [0.1, 0.15) is 32.6 Å². The third-order valence-electron chi connectivity index (χ3n) is 3.99. The summed E-state index contributed by atoms with van der Waals surface area (Å²) in [5.74, 6) is 2.06. The number of amides is 1. The lowest BCUT2D eigenvalue weighted by Gasteiger charge is -2.22. The van der Waals surface area contributed by atoms with Crippen molar-refractivity contribution in [2.45, 2.75) is 32.6 Å². The first-order valence-corrected chi connectivity index (χ1v) is 8.04. The van der Waals surface area contributed by atoms with E-state index in [9.17, 15) is 4.79 Å². The van der Waals surface area contributed by atoms with Gasteiger partial charge in [0.15, 0.2) is 11.5 Å². The quantitative estimate of drug-likeness (QED) is 0.798. The number of methoxy groups -OCH3 is 1. The van der Waals surface area contributed by atoms with Crippen LogP contribution in [0.3, 0.4) is 0 Å². The molecule has 0 atom stereocenters. The normalized spacial score (nSPS) is 14.7. The summed E-state index contributed by atoms with van der Waals surface area (Å²) in [6.07, 6.45) is 3.87. The molecule has 1 saturated heterocycles. The zero-order valence-corrected chi connectivity index (χ0v) is 14.7. The van der Waals surface area contributed by atoms with E-state index in [1.54, 1.807) is 7.11 Å². The predicted octanol–water partition coefficient (Wildman–Crippen LogP) is 3.23. The van der Waals surface area contributed by atoms with Crippen molar-refractivity contribution in [3.8, 4) is 11.5 Å². The van der Waals surface area contributed by atoms with Gasteiger partial charge in [-0.2, -0.15) is 0 Å². The molecule has 1 fully saturated rings. The molecular weight excluding hydrogens is 316 g/mol. The molecule has 1 aliphatic heterocycles. The number of piperidine rings is 1.